The molecule has 2 aromatic rings. The maximum atomic E-state index is 12.4. The molecule has 0 saturated carbocycles. The Kier molecular flexibility index (Phi) is 4.10. The highest BCUT2D eigenvalue weighted by Crippen LogP contribution is 2.24. The predicted molar refractivity (Wildman–Crippen MR) is 78.1 cm³/mol. The van der Waals surface area contributed by atoms with Gasteiger partial charge in [0.05, 0.1) is 11.1 Å². The van der Waals surface area contributed by atoms with Crippen molar-refractivity contribution in [2.45, 2.75) is 25.3 Å². The lowest BCUT2D eigenvalue weighted by atomic mass is 10.1. The average Bonchev–Trinajstić information content (AvgIpc) is 2.88. The van der Waals surface area contributed by atoms with Crippen molar-refractivity contribution in [3.8, 4) is 0 Å². The van der Waals surface area contributed by atoms with Gasteiger partial charge in [0.15, 0.2) is 0 Å². The summed E-state index contributed by atoms with van der Waals surface area (Å²) in [7, 11) is -1.74. The van der Waals surface area contributed by atoms with Crippen LogP contribution in [0.1, 0.15) is 16.7 Å². The number of nitrogens with zero attached hydrogens (tertiary/aromatic N) is 1. The van der Waals surface area contributed by atoms with Gasteiger partial charge in [-0.15, -0.1) is 0 Å². The third-order valence-corrected chi connectivity index (χ3v) is 4.74. The normalized spacial score (nSPS) is 11.6. The highest BCUT2D eigenvalue weighted by Gasteiger charge is 2.19. The van der Waals surface area contributed by atoms with Crippen LogP contribution in [-0.4, -0.2) is 25.7 Å². The van der Waals surface area contributed by atoms with Crippen molar-refractivity contribution in [1.82, 2.24) is 14.9 Å². The van der Waals surface area contributed by atoms with Crippen molar-refractivity contribution in [3.05, 3.63) is 41.2 Å². The molecule has 0 radical (unpaired) electrons. The number of hydrogen-bond acceptors (Lipinski definition) is 4. The summed E-state index contributed by atoms with van der Waals surface area (Å²) in [5.74, 6) is 0. The van der Waals surface area contributed by atoms with Crippen LogP contribution in [0.2, 0.25) is 0 Å². The Morgan fingerprint density at radius 1 is 1.25 bits per heavy atom. The average molecular weight is 294 g/mol. The molecule has 0 aliphatic heterocycles. The summed E-state index contributed by atoms with van der Waals surface area (Å²) in [5.41, 5.74) is 3.12. The molecule has 0 aliphatic rings. The lowest BCUT2D eigenvalue weighted by molar-refractivity contribution is 0.580. The van der Waals surface area contributed by atoms with Crippen LogP contribution in [0.5, 0.6) is 0 Å². The summed E-state index contributed by atoms with van der Waals surface area (Å²) < 4.78 is 27.4. The SMILES string of the molecule is CNc1cc(C)c(S(=O)(=O)NCc2cn[nH]c2)c(C)c1. The van der Waals surface area contributed by atoms with E-state index in [9.17, 15) is 8.42 Å². The molecule has 20 heavy (non-hydrogen) atoms. The smallest absolute Gasteiger partial charge is 0.241 e. The number of aromatic nitrogens is 2. The molecular weight excluding hydrogens is 276 g/mol. The quantitative estimate of drug-likeness (QED) is 0.781. The van der Waals surface area contributed by atoms with E-state index in [-0.39, 0.29) is 6.54 Å². The van der Waals surface area contributed by atoms with E-state index in [4.69, 9.17) is 0 Å². The second-order valence-corrected chi connectivity index (χ2v) is 6.32. The Balaban J connectivity index is 2.29. The first kappa shape index (κ1) is 14.5. The zero-order chi connectivity index (χ0) is 14.8. The van der Waals surface area contributed by atoms with Crippen LogP contribution >= 0.6 is 0 Å². The number of aromatic amines is 1. The first-order valence-corrected chi connectivity index (χ1v) is 7.68. The minimum atomic E-state index is -3.54. The van der Waals surface area contributed by atoms with Crippen molar-refractivity contribution >= 4 is 15.7 Å². The monoisotopic (exact) mass is 294 g/mol. The maximum Gasteiger partial charge on any atom is 0.241 e. The molecule has 7 heteroatoms. The fraction of sp³-hybridized carbons (Fsp3) is 0.308. The summed E-state index contributed by atoms with van der Waals surface area (Å²) in [6.07, 6.45) is 3.25. The number of nitrogens with one attached hydrogen (secondary N) is 3. The van der Waals surface area contributed by atoms with Crippen LogP contribution in [0.4, 0.5) is 5.69 Å². The van der Waals surface area contributed by atoms with E-state index in [0.717, 1.165) is 11.3 Å². The zero-order valence-electron chi connectivity index (χ0n) is 11.7. The second-order valence-electron chi connectivity index (χ2n) is 4.62. The molecule has 1 heterocycles. The number of sulfonamides is 1. The molecule has 0 atom stereocenters. The van der Waals surface area contributed by atoms with Gasteiger partial charge < -0.3 is 5.32 Å². The fourth-order valence-electron chi connectivity index (χ4n) is 2.14. The number of hydrogen-bond donors (Lipinski definition) is 3. The van der Waals surface area contributed by atoms with Gasteiger partial charge in [0.1, 0.15) is 0 Å². The number of aryl methyl sites for hydroxylation is 2. The standard InChI is InChI=1S/C13H18N4O2S/c1-9-4-12(14-3)5-10(2)13(9)20(18,19)17-8-11-6-15-16-7-11/h4-7,14,17H,8H2,1-3H3,(H,15,16). The summed E-state index contributed by atoms with van der Waals surface area (Å²) in [6, 6.07) is 3.64. The first-order chi connectivity index (χ1) is 9.44. The summed E-state index contributed by atoms with van der Waals surface area (Å²) >= 11 is 0. The molecule has 0 saturated heterocycles. The van der Waals surface area contributed by atoms with E-state index in [1.54, 1.807) is 33.3 Å². The van der Waals surface area contributed by atoms with Crippen LogP contribution < -0.4 is 10.0 Å². The lowest BCUT2D eigenvalue weighted by Crippen LogP contribution is -2.24. The van der Waals surface area contributed by atoms with Crippen molar-refractivity contribution in [1.29, 1.82) is 0 Å². The molecule has 1 aromatic heterocycles. The van der Waals surface area contributed by atoms with Crippen LogP contribution in [-0.2, 0) is 16.6 Å². The Bertz CT molecular complexity index is 670. The van der Waals surface area contributed by atoms with Gasteiger partial charge in [-0.1, -0.05) is 0 Å². The van der Waals surface area contributed by atoms with E-state index in [1.165, 1.54) is 0 Å². The molecule has 0 spiro atoms. The van der Waals surface area contributed by atoms with E-state index in [0.29, 0.717) is 16.0 Å². The minimum absolute atomic E-state index is 0.214. The number of rotatable bonds is 5. The van der Waals surface area contributed by atoms with Crippen LogP contribution in [0.15, 0.2) is 29.4 Å². The van der Waals surface area contributed by atoms with Gasteiger partial charge in [0.25, 0.3) is 0 Å². The molecule has 0 aliphatic carbocycles. The lowest BCUT2D eigenvalue weighted by Gasteiger charge is -2.13. The fourth-order valence-corrected chi connectivity index (χ4v) is 3.61. The molecule has 0 bridgehead atoms. The largest absolute Gasteiger partial charge is 0.388 e. The molecule has 108 valence electrons. The highest BCUT2D eigenvalue weighted by atomic mass is 32.2. The Morgan fingerprint density at radius 3 is 2.40 bits per heavy atom. The van der Waals surface area contributed by atoms with Crippen molar-refractivity contribution < 1.29 is 8.42 Å². The summed E-state index contributed by atoms with van der Waals surface area (Å²) in [6.45, 7) is 3.80. The van der Waals surface area contributed by atoms with E-state index >= 15 is 0 Å². The molecule has 0 amide bonds. The number of H-pyrrole nitrogens is 1. The van der Waals surface area contributed by atoms with Gasteiger partial charge in [-0.25, -0.2) is 13.1 Å². The van der Waals surface area contributed by atoms with Crippen LogP contribution in [0.25, 0.3) is 0 Å². The highest BCUT2D eigenvalue weighted by molar-refractivity contribution is 7.89. The zero-order valence-corrected chi connectivity index (χ0v) is 12.5. The van der Waals surface area contributed by atoms with Crippen LogP contribution in [0, 0.1) is 13.8 Å². The Labute approximate surface area is 118 Å². The number of anilines is 1. The van der Waals surface area contributed by atoms with Gasteiger partial charge in [0.2, 0.25) is 10.0 Å². The van der Waals surface area contributed by atoms with Crippen molar-refractivity contribution in [2.24, 2.45) is 0 Å². The Hall–Kier alpha value is -1.86. The summed E-state index contributed by atoms with van der Waals surface area (Å²) in [4.78, 5) is 0.333. The Morgan fingerprint density at radius 2 is 1.90 bits per heavy atom. The molecule has 6 nitrogen and oxygen atoms in total. The minimum Gasteiger partial charge on any atom is -0.388 e. The molecule has 3 N–H and O–H groups in total. The molecule has 2 rings (SSSR count). The third kappa shape index (κ3) is 3.00. The third-order valence-electron chi connectivity index (χ3n) is 3.04. The van der Waals surface area contributed by atoms with E-state index in [2.05, 4.69) is 20.2 Å². The molecular formula is C13H18N4O2S. The maximum absolute atomic E-state index is 12.4. The van der Waals surface area contributed by atoms with Crippen LogP contribution in [0.3, 0.4) is 0 Å². The molecule has 0 unspecified atom stereocenters. The van der Waals surface area contributed by atoms with Gasteiger partial charge in [-0.3, -0.25) is 5.10 Å². The van der Waals surface area contributed by atoms with Gasteiger partial charge in [-0.05, 0) is 37.1 Å². The summed E-state index contributed by atoms with van der Waals surface area (Å²) in [5, 5.41) is 9.45. The first-order valence-electron chi connectivity index (χ1n) is 6.20. The van der Waals surface area contributed by atoms with Crippen molar-refractivity contribution in [2.75, 3.05) is 12.4 Å². The van der Waals surface area contributed by atoms with E-state index in [1.807, 2.05) is 12.1 Å². The number of benzene rings is 1. The molecule has 1 aromatic carbocycles. The van der Waals surface area contributed by atoms with Gasteiger partial charge in [0, 0.05) is 31.0 Å². The molecule has 0 fully saturated rings. The van der Waals surface area contributed by atoms with E-state index < -0.39 is 10.0 Å². The van der Waals surface area contributed by atoms with Crippen molar-refractivity contribution in [3.63, 3.8) is 0 Å². The second kappa shape index (κ2) is 5.64. The van der Waals surface area contributed by atoms with Gasteiger partial charge >= 0.3 is 0 Å². The topological polar surface area (TPSA) is 86.9 Å². The van der Waals surface area contributed by atoms with Gasteiger partial charge in [-0.2, -0.15) is 5.10 Å². The predicted octanol–water partition coefficient (Wildman–Crippen LogP) is 1.55.